The molecule has 5 rings (SSSR count). The predicted octanol–water partition coefficient (Wildman–Crippen LogP) is 6.64. The summed E-state index contributed by atoms with van der Waals surface area (Å²) in [5.74, 6) is -0.829. The van der Waals surface area contributed by atoms with Crippen LogP contribution in [0.5, 0.6) is 0 Å². The van der Waals surface area contributed by atoms with Crippen LogP contribution in [0.15, 0.2) is 42.9 Å². The van der Waals surface area contributed by atoms with Crippen molar-refractivity contribution in [3.8, 4) is 0 Å². The number of hydrogen-bond donors (Lipinski definition) is 2. The first-order valence-electron chi connectivity index (χ1n) is 11.5. The van der Waals surface area contributed by atoms with Gasteiger partial charge in [0, 0.05) is 52.6 Å². The summed E-state index contributed by atoms with van der Waals surface area (Å²) in [6.07, 6.45) is 3.28. The van der Waals surface area contributed by atoms with E-state index in [2.05, 4.69) is 20.3 Å². The topological polar surface area (TPSA) is 93.8 Å². The van der Waals surface area contributed by atoms with Gasteiger partial charge in [0.05, 0.1) is 5.56 Å². The molecule has 3 aromatic rings. The molecule has 3 N–H and O–H groups in total. The number of aromatic nitrogens is 3. The number of nitrogens with one attached hydrogen (secondary N) is 1. The summed E-state index contributed by atoms with van der Waals surface area (Å²) in [5, 5.41) is 4.34. The molecule has 2 saturated carbocycles. The lowest BCUT2D eigenvalue weighted by atomic mass is 9.97. The molecule has 0 bridgehead atoms. The number of carbonyl (C=O) groups excluding carboxylic acids is 1. The average molecular weight is 607 g/mol. The molecule has 3 aromatic heterocycles. The van der Waals surface area contributed by atoms with Crippen molar-refractivity contribution in [2.24, 2.45) is 5.73 Å². The number of carbonyl (C=O) groups is 1. The molecule has 2 fully saturated rings. The number of nitrogens with two attached hydrogens (primary N) is 1. The van der Waals surface area contributed by atoms with Crippen LogP contribution >= 0.6 is 46.4 Å². The summed E-state index contributed by atoms with van der Waals surface area (Å²) in [6, 6.07) is 5.57. The van der Waals surface area contributed by atoms with Gasteiger partial charge in [-0.05, 0) is 61.1 Å². The minimum absolute atomic E-state index is 0.0919. The molecule has 0 radical (unpaired) electrons. The standard InChI is InChI=1S/C16H12Cl2F3N3O.C9H10Cl2N2/c17-11-6-12(18)23-7-10(11)15(3-4-15)8-24-14(25)9-2-1-5-22-13(9)16(19,20)21;10-7-3-8(11)13-4-6(7)9(5-12)1-2-9/h1-2,5-7H,3-4,8H2,(H,24,25);3-4H,1-2,5,12H2. The molecule has 0 unspecified atom stereocenters. The fourth-order valence-corrected chi connectivity index (χ4v) is 5.31. The molecule has 38 heavy (non-hydrogen) atoms. The second-order valence-electron chi connectivity index (χ2n) is 9.32. The molecule has 0 saturated heterocycles. The van der Waals surface area contributed by atoms with E-state index < -0.39 is 28.8 Å². The van der Waals surface area contributed by atoms with E-state index in [0.717, 1.165) is 49.1 Å². The van der Waals surface area contributed by atoms with E-state index >= 15 is 0 Å². The summed E-state index contributed by atoms with van der Waals surface area (Å²) in [7, 11) is 0. The number of alkyl halides is 3. The molecule has 0 aromatic carbocycles. The maximum absolute atomic E-state index is 13.0. The van der Waals surface area contributed by atoms with Crippen LogP contribution in [0.1, 0.15) is 52.9 Å². The second kappa shape index (κ2) is 11.1. The Morgan fingerprint density at radius 3 is 1.89 bits per heavy atom. The van der Waals surface area contributed by atoms with Crippen molar-refractivity contribution >= 4 is 52.3 Å². The van der Waals surface area contributed by atoms with Crippen LogP contribution in [-0.2, 0) is 17.0 Å². The van der Waals surface area contributed by atoms with E-state index in [-0.39, 0.29) is 17.1 Å². The van der Waals surface area contributed by atoms with Crippen LogP contribution in [0, 0.1) is 0 Å². The highest BCUT2D eigenvalue weighted by Crippen LogP contribution is 2.50. The maximum atomic E-state index is 13.0. The van der Waals surface area contributed by atoms with Crippen molar-refractivity contribution < 1.29 is 18.0 Å². The quantitative estimate of drug-likeness (QED) is 0.307. The molecule has 2 aliphatic carbocycles. The lowest BCUT2D eigenvalue weighted by Gasteiger charge is -2.18. The van der Waals surface area contributed by atoms with E-state index in [1.807, 2.05) is 0 Å². The maximum Gasteiger partial charge on any atom is 0.434 e. The van der Waals surface area contributed by atoms with E-state index in [9.17, 15) is 18.0 Å². The number of amides is 1. The largest absolute Gasteiger partial charge is 0.434 e. The number of halogens is 7. The summed E-state index contributed by atoms with van der Waals surface area (Å²) in [4.78, 5) is 23.5. The first kappa shape index (κ1) is 28.8. The van der Waals surface area contributed by atoms with Gasteiger partial charge < -0.3 is 11.1 Å². The van der Waals surface area contributed by atoms with Gasteiger partial charge in [-0.2, -0.15) is 13.2 Å². The Morgan fingerprint density at radius 1 is 0.921 bits per heavy atom. The smallest absolute Gasteiger partial charge is 0.351 e. The lowest BCUT2D eigenvalue weighted by molar-refractivity contribution is -0.141. The highest BCUT2D eigenvalue weighted by Gasteiger charge is 2.47. The predicted molar refractivity (Wildman–Crippen MR) is 141 cm³/mol. The minimum atomic E-state index is -4.70. The minimum Gasteiger partial charge on any atom is -0.351 e. The molecule has 6 nitrogen and oxygen atoms in total. The molecular weight excluding hydrogens is 585 g/mol. The van der Waals surface area contributed by atoms with E-state index in [1.165, 1.54) is 18.3 Å². The Kier molecular flexibility index (Phi) is 8.45. The van der Waals surface area contributed by atoms with Crippen molar-refractivity contribution in [3.05, 3.63) is 85.6 Å². The highest BCUT2D eigenvalue weighted by molar-refractivity contribution is 6.35. The van der Waals surface area contributed by atoms with Gasteiger partial charge in [-0.25, -0.2) is 9.97 Å². The van der Waals surface area contributed by atoms with Crippen molar-refractivity contribution in [1.82, 2.24) is 20.3 Å². The number of hydrogen-bond acceptors (Lipinski definition) is 5. The van der Waals surface area contributed by atoms with Gasteiger partial charge >= 0.3 is 6.18 Å². The van der Waals surface area contributed by atoms with Gasteiger partial charge in [-0.3, -0.25) is 9.78 Å². The molecule has 2 aliphatic rings. The lowest BCUT2D eigenvalue weighted by Crippen LogP contribution is -2.34. The van der Waals surface area contributed by atoms with E-state index in [4.69, 9.17) is 52.1 Å². The van der Waals surface area contributed by atoms with Gasteiger partial charge in [-0.1, -0.05) is 46.4 Å². The van der Waals surface area contributed by atoms with Crippen LogP contribution in [0.4, 0.5) is 13.2 Å². The summed E-state index contributed by atoms with van der Waals surface area (Å²) < 4.78 is 38.9. The summed E-state index contributed by atoms with van der Waals surface area (Å²) in [5.41, 5.74) is 5.41. The molecule has 0 atom stereocenters. The zero-order valence-corrected chi connectivity index (χ0v) is 22.8. The summed E-state index contributed by atoms with van der Waals surface area (Å²) >= 11 is 23.7. The van der Waals surface area contributed by atoms with Crippen molar-refractivity contribution in [2.75, 3.05) is 13.1 Å². The second-order valence-corrected chi connectivity index (χ2v) is 10.9. The number of pyridine rings is 3. The third-order valence-electron chi connectivity index (χ3n) is 6.79. The van der Waals surface area contributed by atoms with Crippen LogP contribution in [0.3, 0.4) is 0 Å². The summed E-state index contributed by atoms with van der Waals surface area (Å²) in [6.45, 7) is 0.789. The zero-order valence-electron chi connectivity index (χ0n) is 19.8. The first-order valence-corrected chi connectivity index (χ1v) is 13.1. The fraction of sp³-hybridized carbons (Fsp3) is 0.360. The zero-order chi connectivity index (χ0) is 27.7. The molecule has 13 heteroatoms. The van der Waals surface area contributed by atoms with Gasteiger partial charge in [0.15, 0.2) is 5.69 Å². The Labute approximate surface area is 237 Å². The van der Waals surface area contributed by atoms with Crippen molar-refractivity contribution in [2.45, 2.75) is 42.7 Å². The third-order valence-corrected chi connectivity index (χ3v) is 7.83. The number of nitrogens with zero attached hydrogens (tertiary/aromatic N) is 3. The molecule has 0 spiro atoms. The first-order chi connectivity index (χ1) is 17.9. The number of rotatable bonds is 6. The molecule has 0 aliphatic heterocycles. The highest BCUT2D eigenvalue weighted by atomic mass is 35.5. The molecule has 202 valence electrons. The third kappa shape index (κ3) is 6.34. The van der Waals surface area contributed by atoms with E-state index in [0.29, 0.717) is 21.7 Å². The van der Waals surface area contributed by atoms with Crippen LogP contribution in [0.2, 0.25) is 20.4 Å². The molecule has 3 heterocycles. The fourth-order valence-electron chi connectivity index (χ4n) is 4.18. The van der Waals surface area contributed by atoms with Crippen LogP contribution in [0.25, 0.3) is 0 Å². The Bertz CT molecular complexity index is 1350. The average Bonchev–Trinajstić information content (AvgIpc) is 3.79. The Balaban J connectivity index is 0.000000216. The molecule has 1 amide bonds. The SMILES string of the molecule is NCC1(c2cnc(Cl)cc2Cl)CC1.O=C(NCC1(c2cnc(Cl)cc2Cl)CC1)c1cccnc1C(F)(F)F. The van der Waals surface area contributed by atoms with Gasteiger partial charge in [-0.15, -0.1) is 0 Å². The van der Waals surface area contributed by atoms with Crippen LogP contribution in [-0.4, -0.2) is 33.9 Å². The monoisotopic (exact) mass is 605 g/mol. The van der Waals surface area contributed by atoms with Gasteiger partial charge in [0.1, 0.15) is 10.3 Å². The van der Waals surface area contributed by atoms with Gasteiger partial charge in [0.2, 0.25) is 0 Å². The normalized spacial score (nSPS) is 16.7. The van der Waals surface area contributed by atoms with Crippen LogP contribution < -0.4 is 11.1 Å². The Hall–Kier alpha value is -2.17. The van der Waals surface area contributed by atoms with Crippen molar-refractivity contribution in [3.63, 3.8) is 0 Å². The van der Waals surface area contributed by atoms with E-state index in [1.54, 1.807) is 12.3 Å². The Morgan fingerprint density at radius 2 is 1.45 bits per heavy atom. The van der Waals surface area contributed by atoms with Gasteiger partial charge in [0.25, 0.3) is 5.91 Å². The van der Waals surface area contributed by atoms with Crippen molar-refractivity contribution in [1.29, 1.82) is 0 Å². The molecular formula is C25H22Cl4F3N5O.